The maximum atomic E-state index is 14.6. The average Bonchev–Trinajstić information content (AvgIpc) is 1.50. The fourth-order valence-corrected chi connectivity index (χ4v) is 11.5. The lowest BCUT2D eigenvalue weighted by Gasteiger charge is -2.31. The highest BCUT2D eigenvalue weighted by atomic mass is 16.4. The molecule has 110 heavy (non-hydrogen) atoms. The van der Waals surface area contributed by atoms with Crippen molar-refractivity contribution >= 4 is 107 Å². The van der Waals surface area contributed by atoms with Gasteiger partial charge in [-0.3, -0.25) is 81.7 Å². The Morgan fingerprint density at radius 2 is 0.927 bits per heavy atom. The zero-order valence-electron chi connectivity index (χ0n) is 62.8. The van der Waals surface area contributed by atoms with E-state index in [0.29, 0.717) is 12.0 Å². The highest BCUT2D eigenvalue weighted by Crippen LogP contribution is 2.21. The number of carbonyl (C=O) groups is 17. The minimum atomic E-state index is -2.19. The lowest BCUT2D eigenvalue weighted by molar-refractivity contribution is -0.150. The van der Waals surface area contributed by atoms with E-state index in [0.717, 1.165) is 4.90 Å². The van der Waals surface area contributed by atoms with E-state index in [4.69, 9.17) is 28.7 Å². The van der Waals surface area contributed by atoms with Gasteiger partial charge in [-0.05, 0) is 95.0 Å². The summed E-state index contributed by atoms with van der Waals surface area (Å²) in [6, 6.07) is -12.5. The van der Waals surface area contributed by atoms with Crippen LogP contribution in [0.1, 0.15) is 150 Å². The normalized spacial score (nSPS) is 16.1. The molecule has 2 heterocycles. The summed E-state index contributed by atoms with van der Waals surface area (Å²) in [4.78, 5) is 243. The number of carboxylic acid groups (broad SMARTS) is 3. The molecule has 41 heteroatoms. The lowest BCUT2D eigenvalue weighted by Crippen LogP contribution is -2.62. The number of aromatic amines is 1. The van der Waals surface area contributed by atoms with E-state index in [-0.39, 0.29) is 81.5 Å². The Hall–Kier alpha value is -11.4. The van der Waals surface area contributed by atoms with Crippen molar-refractivity contribution in [1.82, 2.24) is 73.4 Å². The smallest absolute Gasteiger partial charge is 0.326 e. The van der Waals surface area contributed by atoms with Gasteiger partial charge in [-0.1, -0.05) is 71.9 Å². The Kier molecular flexibility index (Phi) is 38.9. The number of benzene rings is 1. The van der Waals surface area contributed by atoms with Gasteiger partial charge in [0.15, 0.2) is 5.96 Å². The number of guanidine groups is 1. The van der Waals surface area contributed by atoms with Crippen molar-refractivity contribution in [2.75, 3.05) is 13.1 Å². The first-order valence-corrected chi connectivity index (χ1v) is 36.0. The number of likely N-dealkylation sites (tertiary alicyclic amines) is 1. The molecule has 1 fully saturated rings. The number of aromatic nitrogens is 2. The van der Waals surface area contributed by atoms with E-state index in [1.54, 1.807) is 58.0 Å². The molecule has 14 amide bonds. The second-order valence-corrected chi connectivity index (χ2v) is 28.0. The molecule has 0 unspecified atom stereocenters. The van der Waals surface area contributed by atoms with Crippen LogP contribution in [-0.4, -0.2) is 240 Å². The van der Waals surface area contributed by atoms with Gasteiger partial charge in [-0.2, -0.15) is 0 Å². The van der Waals surface area contributed by atoms with Crippen LogP contribution in [0.2, 0.25) is 0 Å². The zero-order chi connectivity index (χ0) is 82.8. The molecule has 1 aromatic heterocycles. The number of aliphatic carboxylic acids is 3. The van der Waals surface area contributed by atoms with Crippen LogP contribution >= 0.6 is 0 Å². The van der Waals surface area contributed by atoms with Gasteiger partial charge >= 0.3 is 17.9 Å². The van der Waals surface area contributed by atoms with Crippen molar-refractivity contribution in [3.8, 4) is 0 Å². The number of nitrogens with zero attached hydrogens (tertiary/aromatic N) is 3. The number of aliphatic imine (C=N–C) groups is 1. The summed E-state index contributed by atoms with van der Waals surface area (Å²) in [6.07, 6.45) is -4.48. The van der Waals surface area contributed by atoms with Crippen molar-refractivity contribution in [1.29, 1.82) is 0 Å². The van der Waals surface area contributed by atoms with Crippen LogP contribution in [0.4, 0.5) is 0 Å². The molecule has 1 saturated heterocycles. The van der Waals surface area contributed by atoms with Gasteiger partial charge in [-0.15, -0.1) is 0 Å². The molecule has 41 nitrogen and oxygen atoms in total. The number of imidazole rings is 1. The van der Waals surface area contributed by atoms with Gasteiger partial charge < -0.3 is 117 Å². The number of rotatable bonds is 49. The Bertz CT molecular complexity index is 3550. The van der Waals surface area contributed by atoms with Crippen LogP contribution in [0.25, 0.3) is 0 Å². The molecule has 1 aliphatic heterocycles. The van der Waals surface area contributed by atoms with Gasteiger partial charge in [0.25, 0.3) is 0 Å². The summed E-state index contributed by atoms with van der Waals surface area (Å²) in [5.41, 5.74) is 28.3. The van der Waals surface area contributed by atoms with E-state index in [2.05, 4.69) is 73.4 Å². The summed E-state index contributed by atoms with van der Waals surface area (Å²) >= 11 is 0. The molecular formula is C69H108N20O21. The maximum absolute atomic E-state index is 14.6. The summed E-state index contributed by atoms with van der Waals surface area (Å²) in [6.45, 7) is 12.4. The topological polar surface area (TPSA) is 678 Å². The third-order valence-corrected chi connectivity index (χ3v) is 17.2. The van der Waals surface area contributed by atoms with Crippen molar-refractivity contribution < 1.29 is 102 Å². The predicted octanol–water partition coefficient (Wildman–Crippen LogP) is -6.00. The first-order valence-electron chi connectivity index (χ1n) is 36.0. The van der Waals surface area contributed by atoms with Crippen molar-refractivity contribution in [2.24, 2.45) is 51.4 Å². The largest absolute Gasteiger partial charge is 0.481 e. The molecule has 3 rings (SSSR count). The van der Waals surface area contributed by atoms with Crippen LogP contribution in [-0.2, 0) is 94.3 Å². The van der Waals surface area contributed by atoms with E-state index >= 15 is 0 Å². The number of hydrogen-bond acceptors (Lipinski definition) is 21. The number of primary amides is 2. The number of aliphatic hydroxyl groups excluding tert-OH is 1. The van der Waals surface area contributed by atoms with Crippen LogP contribution in [0.3, 0.4) is 0 Å². The van der Waals surface area contributed by atoms with E-state index in [1.807, 2.05) is 0 Å². The standard InChI is InChI=1S/C69H108N20O21/c1-33(2)26-44(83-62(103)45(27-34(3)4)82-57(98)40(78-56(97)36(7)70)16-12-24-76-69(73)74)61(102)81-43(20-23-52(93)94)59(100)85-48(30-53(95)96)64(105)80-41(18-21-50(71)91)58(99)79-42(19-22-51(72)92)60(101)87-54(35(5)6)66(107)86-47(29-39-31-75-32-77-39)63(104)84-46(28-38-14-10-9-11-15-38)65(106)88-55(37(8)90)67(108)89-25-13-17-49(89)68(109)110/h9-11,14-15,31-37,40-49,54-55,90H,12-13,16-30,70H2,1-8H3,(H2,71,91)(H2,72,92)(H,75,77)(H,78,97)(H,79,99)(H,80,105)(H,81,102)(H,82,98)(H,83,103)(H,84,104)(H,85,100)(H,86,107)(H,87,101)(H,88,106)(H,93,94)(H,95,96)(H,109,110)(H4,73,74,76)/t36-,37+,40-,41-,42-,43-,44-,45-,46-,47-,48-,49-,54-,55-/m0/s1. The highest BCUT2D eigenvalue weighted by Gasteiger charge is 2.42. The number of nitrogens with one attached hydrogen (secondary N) is 12. The fraction of sp³-hybridized carbons (Fsp3) is 0.609. The molecule has 26 N–H and O–H groups in total. The number of nitrogens with two attached hydrogens (primary N) is 5. The minimum Gasteiger partial charge on any atom is -0.481 e. The Labute approximate surface area is 634 Å². The first-order chi connectivity index (χ1) is 51.6. The van der Waals surface area contributed by atoms with E-state index in [9.17, 15) is 102 Å². The molecule has 0 spiro atoms. The summed E-state index contributed by atoms with van der Waals surface area (Å²) in [5.74, 6) is -21.1. The fourth-order valence-electron chi connectivity index (χ4n) is 11.5. The van der Waals surface area contributed by atoms with Crippen LogP contribution in [0.5, 0.6) is 0 Å². The number of aliphatic hydroxyl groups is 1. The average molecular weight is 1550 g/mol. The number of carboxylic acids is 3. The second kappa shape index (κ2) is 46.1. The Balaban J connectivity index is 1.97. The SMILES string of the molecule is CC(C)C[C@H](NC(=O)[C@H](CCCN=C(N)N)NC(=O)[C@H](C)N)C(=O)N[C@@H](CC(C)C)C(=O)N[C@@H](CCC(=O)O)C(=O)N[C@@H](CC(=O)O)C(=O)N[C@@H](CCC(N)=O)C(=O)N[C@@H](CCC(N)=O)C(=O)N[C@H](C(=O)N[C@@H](Cc1cnc[nH]1)C(=O)N[C@@H](Cc1ccccc1)C(=O)N[C@H](C(=O)N1CCC[C@H]1C(=O)O)[C@@H](C)O)C(C)C. The maximum Gasteiger partial charge on any atom is 0.326 e. The first kappa shape index (κ1) is 92.8. The molecule has 0 aliphatic carbocycles. The van der Waals surface area contributed by atoms with Gasteiger partial charge in [0.05, 0.1) is 24.9 Å². The molecule has 610 valence electrons. The third-order valence-electron chi connectivity index (χ3n) is 17.2. The van der Waals surface area contributed by atoms with Crippen LogP contribution < -0.4 is 87.2 Å². The number of H-pyrrole nitrogens is 1. The van der Waals surface area contributed by atoms with E-state index < -0.39 is 236 Å². The number of carbonyl (C=O) groups excluding carboxylic acids is 14. The number of hydrogen-bond donors (Lipinski definition) is 21. The van der Waals surface area contributed by atoms with Gasteiger partial charge in [0, 0.05) is 57.1 Å². The van der Waals surface area contributed by atoms with Crippen LogP contribution in [0.15, 0.2) is 47.8 Å². The van der Waals surface area contributed by atoms with Crippen molar-refractivity contribution in [3.05, 3.63) is 54.1 Å². The molecular weight excluding hydrogens is 1440 g/mol. The Morgan fingerprint density at radius 1 is 0.509 bits per heavy atom. The molecule has 14 atom stereocenters. The van der Waals surface area contributed by atoms with Gasteiger partial charge in [0.1, 0.15) is 72.5 Å². The summed E-state index contributed by atoms with van der Waals surface area (Å²) in [5, 5.41) is 67.3. The molecule has 0 bridgehead atoms. The quantitative estimate of drug-likeness (QED) is 0.0167. The summed E-state index contributed by atoms with van der Waals surface area (Å²) < 4.78 is 0. The molecule has 0 radical (unpaired) electrons. The molecule has 1 aliphatic rings. The summed E-state index contributed by atoms with van der Waals surface area (Å²) in [7, 11) is 0. The monoisotopic (exact) mass is 1550 g/mol. The zero-order valence-corrected chi connectivity index (χ0v) is 62.8. The van der Waals surface area contributed by atoms with Crippen molar-refractivity contribution in [3.63, 3.8) is 0 Å². The minimum absolute atomic E-state index is 0.0127. The second-order valence-electron chi connectivity index (χ2n) is 28.0. The van der Waals surface area contributed by atoms with Crippen molar-refractivity contribution in [2.45, 2.75) is 236 Å². The Morgan fingerprint density at radius 3 is 1.37 bits per heavy atom. The predicted molar refractivity (Wildman–Crippen MR) is 391 cm³/mol. The number of amides is 14. The van der Waals surface area contributed by atoms with Gasteiger partial charge in [0.2, 0.25) is 82.7 Å². The van der Waals surface area contributed by atoms with Gasteiger partial charge in [-0.25, -0.2) is 9.78 Å². The molecule has 2 aromatic rings. The molecule has 0 saturated carbocycles. The molecule has 1 aromatic carbocycles. The van der Waals surface area contributed by atoms with E-state index in [1.165, 1.54) is 40.2 Å². The van der Waals surface area contributed by atoms with Crippen LogP contribution in [0, 0.1) is 17.8 Å². The third kappa shape index (κ3) is 33.0. The highest BCUT2D eigenvalue weighted by molar-refractivity contribution is 6.01. The lowest BCUT2D eigenvalue weighted by atomic mass is 9.99.